The Morgan fingerprint density at radius 1 is 1.62 bits per heavy atom. The fourth-order valence-corrected chi connectivity index (χ4v) is 0.653. The van der Waals surface area contributed by atoms with Gasteiger partial charge < -0.3 is 5.11 Å². The van der Waals surface area contributed by atoms with Gasteiger partial charge >= 0.3 is 0 Å². The molecule has 8 heavy (non-hydrogen) atoms. The Labute approximate surface area is 49.1 Å². The summed E-state index contributed by atoms with van der Waals surface area (Å²) >= 11 is 0.778. The summed E-state index contributed by atoms with van der Waals surface area (Å²) in [6.45, 7) is 0. The Bertz CT molecular complexity index is 197. The summed E-state index contributed by atoms with van der Waals surface area (Å²) in [6.07, 6.45) is 1.41. The number of aromatic nitrogens is 2. The lowest BCUT2D eigenvalue weighted by molar-refractivity contribution is 0.455. The molecule has 0 bridgehead atoms. The molecule has 1 rings (SSSR count). The zero-order valence-corrected chi connectivity index (χ0v) is 4.47. The zero-order valence-electron chi connectivity index (χ0n) is 3.66. The molecule has 0 unspecified atom stereocenters. The lowest BCUT2D eigenvalue weighted by Gasteiger charge is -1.73. The minimum Gasteiger partial charge on any atom is -0.491 e. The van der Waals surface area contributed by atoms with Crippen molar-refractivity contribution >= 4 is 18.0 Å². The quantitative estimate of drug-likeness (QED) is 0.565. The molecule has 0 aliphatic heterocycles. The van der Waals surface area contributed by atoms with Crippen molar-refractivity contribution in [3.8, 4) is 5.88 Å². The Balaban J connectivity index is 3.09. The van der Waals surface area contributed by atoms with Gasteiger partial charge in [0.05, 0.1) is 11.7 Å². The molecule has 1 N–H and O–H groups in total. The van der Waals surface area contributed by atoms with E-state index in [-0.39, 0.29) is 11.6 Å². The highest BCUT2D eigenvalue weighted by atomic mass is 32.1. The topological polar surface area (TPSA) is 63.1 Å². The van der Waals surface area contributed by atoms with E-state index in [1.54, 1.807) is 0 Å². The number of aromatic hydroxyl groups is 1. The van der Waals surface area contributed by atoms with Crippen LogP contribution in [0.5, 0.6) is 5.88 Å². The molecule has 0 atom stereocenters. The second kappa shape index (κ2) is 1.87. The summed E-state index contributed by atoms with van der Waals surface area (Å²) in [4.78, 5) is 9.71. The molecule has 4 nitrogen and oxygen atoms in total. The average molecular weight is 129 g/mol. The first-order valence-corrected chi connectivity index (χ1v) is 2.47. The van der Waals surface area contributed by atoms with Gasteiger partial charge in [0, 0.05) is 0 Å². The predicted octanol–water partition coefficient (Wildman–Crippen LogP) is -0.298. The normalized spacial score (nSPS) is 9.00. The fraction of sp³-hybridized carbons (Fsp3) is 0. The SMILES string of the molecule is O=[C]c1nsnc1O. The summed E-state index contributed by atoms with van der Waals surface area (Å²) in [6, 6.07) is 0. The molecule has 0 aliphatic carbocycles. The standard InChI is InChI=1S/C3HN2O2S/c6-1-2-3(7)5-8-4-2/h(H,5,7). The van der Waals surface area contributed by atoms with Gasteiger partial charge in [0.25, 0.3) is 12.2 Å². The summed E-state index contributed by atoms with van der Waals surface area (Å²) in [7, 11) is 0. The van der Waals surface area contributed by atoms with Crippen molar-refractivity contribution in [2.45, 2.75) is 0 Å². The van der Waals surface area contributed by atoms with Crippen molar-refractivity contribution in [3.63, 3.8) is 0 Å². The molecule has 0 amide bonds. The molecular formula is C3HN2O2S. The molecule has 0 saturated carbocycles. The van der Waals surface area contributed by atoms with Gasteiger partial charge in [-0.25, -0.2) is 0 Å². The van der Waals surface area contributed by atoms with Gasteiger partial charge in [-0.1, -0.05) is 0 Å². The van der Waals surface area contributed by atoms with E-state index in [9.17, 15) is 4.79 Å². The van der Waals surface area contributed by atoms with E-state index >= 15 is 0 Å². The monoisotopic (exact) mass is 129 g/mol. The lowest BCUT2D eigenvalue weighted by atomic mass is 10.5. The van der Waals surface area contributed by atoms with Crippen molar-refractivity contribution in [2.75, 3.05) is 0 Å². The zero-order chi connectivity index (χ0) is 5.98. The Morgan fingerprint density at radius 3 is 2.62 bits per heavy atom. The van der Waals surface area contributed by atoms with Crippen LogP contribution in [0.4, 0.5) is 0 Å². The van der Waals surface area contributed by atoms with Crippen LogP contribution in [0.3, 0.4) is 0 Å². The smallest absolute Gasteiger partial charge is 0.260 e. The van der Waals surface area contributed by atoms with Crippen LogP contribution in [0.2, 0.25) is 0 Å². The molecule has 0 spiro atoms. The maximum absolute atomic E-state index is 9.71. The van der Waals surface area contributed by atoms with Crippen molar-refractivity contribution in [1.82, 2.24) is 8.75 Å². The van der Waals surface area contributed by atoms with Crippen molar-refractivity contribution in [3.05, 3.63) is 5.69 Å². The third kappa shape index (κ3) is 0.671. The number of hydrogen-bond donors (Lipinski definition) is 1. The largest absolute Gasteiger partial charge is 0.491 e. The first-order valence-electron chi connectivity index (χ1n) is 1.74. The van der Waals surface area contributed by atoms with Gasteiger partial charge in [0.15, 0.2) is 5.69 Å². The third-order valence-electron chi connectivity index (χ3n) is 0.568. The van der Waals surface area contributed by atoms with Crippen LogP contribution in [0, 0.1) is 0 Å². The summed E-state index contributed by atoms with van der Waals surface area (Å²) in [5, 5.41) is 8.52. The van der Waals surface area contributed by atoms with Crippen LogP contribution in [-0.4, -0.2) is 20.1 Å². The van der Waals surface area contributed by atoms with Crippen LogP contribution in [0.25, 0.3) is 0 Å². The molecule has 41 valence electrons. The molecule has 1 heterocycles. The molecule has 0 aliphatic rings. The minimum atomic E-state index is -0.343. The van der Waals surface area contributed by atoms with Gasteiger partial charge in [0.2, 0.25) is 0 Å². The molecule has 0 aromatic carbocycles. The van der Waals surface area contributed by atoms with Gasteiger partial charge in [-0.2, -0.15) is 4.37 Å². The highest BCUT2D eigenvalue weighted by Gasteiger charge is 2.02. The average Bonchev–Trinajstić information content (AvgIpc) is 2.14. The number of rotatable bonds is 1. The predicted molar refractivity (Wildman–Crippen MR) is 26.4 cm³/mol. The summed E-state index contributed by atoms with van der Waals surface area (Å²) in [5.74, 6) is -0.343. The van der Waals surface area contributed by atoms with E-state index in [1.807, 2.05) is 0 Å². The van der Waals surface area contributed by atoms with E-state index < -0.39 is 0 Å². The van der Waals surface area contributed by atoms with Crippen LogP contribution < -0.4 is 0 Å². The van der Waals surface area contributed by atoms with E-state index in [0.29, 0.717) is 0 Å². The van der Waals surface area contributed by atoms with Crippen molar-refractivity contribution in [2.24, 2.45) is 0 Å². The molecule has 0 fully saturated rings. The number of carbonyl (C=O) groups excluding carboxylic acids is 1. The Hall–Kier alpha value is -0.970. The second-order valence-corrected chi connectivity index (χ2v) is 1.57. The van der Waals surface area contributed by atoms with Crippen LogP contribution in [0.15, 0.2) is 0 Å². The fourth-order valence-electron chi connectivity index (χ4n) is 0.248. The third-order valence-corrected chi connectivity index (χ3v) is 1.09. The Kier molecular flexibility index (Phi) is 1.21. The number of hydrogen-bond acceptors (Lipinski definition) is 5. The molecule has 5 heteroatoms. The van der Waals surface area contributed by atoms with E-state index in [2.05, 4.69) is 8.75 Å². The second-order valence-electron chi connectivity index (χ2n) is 1.04. The maximum atomic E-state index is 9.71. The van der Waals surface area contributed by atoms with Gasteiger partial charge in [-0.05, 0) is 0 Å². The van der Waals surface area contributed by atoms with Crippen molar-refractivity contribution in [1.29, 1.82) is 0 Å². The van der Waals surface area contributed by atoms with Crippen LogP contribution in [0.1, 0.15) is 5.69 Å². The molecular weight excluding hydrogens is 128 g/mol. The van der Waals surface area contributed by atoms with Crippen molar-refractivity contribution < 1.29 is 9.90 Å². The van der Waals surface area contributed by atoms with Gasteiger partial charge in [-0.3, -0.25) is 4.79 Å². The molecule has 1 radical (unpaired) electrons. The van der Waals surface area contributed by atoms with Gasteiger partial charge in [0.1, 0.15) is 0 Å². The maximum Gasteiger partial charge on any atom is 0.260 e. The van der Waals surface area contributed by atoms with Crippen LogP contribution in [-0.2, 0) is 4.79 Å². The molecule has 1 aromatic rings. The van der Waals surface area contributed by atoms with Crippen LogP contribution >= 0.6 is 11.7 Å². The highest BCUT2D eigenvalue weighted by Crippen LogP contribution is 2.08. The van der Waals surface area contributed by atoms with Gasteiger partial charge in [-0.15, -0.1) is 4.37 Å². The first-order chi connectivity index (χ1) is 3.84. The van der Waals surface area contributed by atoms with E-state index in [0.717, 1.165) is 11.7 Å². The van der Waals surface area contributed by atoms with E-state index in [1.165, 1.54) is 6.29 Å². The number of nitrogens with zero attached hydrogens (tertiary/aromatic N) is 2. The first kappa shape index (κ1) is 5.17. The highest BCUT2D eigenvalue weighted by molar-refractivity contribution is 6.99. The molecule has 0 saturated heterocycles. The minimum absolute atomic E-state index is 0.116. The summed E-state index contributed by atoms with van der Waals surface area (Å²) < 4.78 is 6.70. The molecule has 1 aromatic heterocycles. The van der Waals surface area contributed by atoms with E-state index in [4.69, 9.17) is 5.11 Å². The lowest BCUT2D eigenvalue weighted by Crippen LogP contribution is -1.76. The summed E-state index contributed by atoms with van der Waals surface area (Å²) in [5.41, 5.74) is -0.116. The Morgan fingerprint density at radius 2 is 2.38 bits per heavy atom.